The van der Waals surface area contributed by atoms with Crippen molar-refractivity contribution in [3.8, 4) is 23.1 Å². The van der Waals surface area contributed by atoms with Crippen LogP contribution >= 0.6 is 27.5 Å². The molecule has 7 nitrogen and oxygen atoms in total. The maximum atomic E-state index is 13.7. The van der Waals surface area contributed by atoms with Crippen molar-refractivity contribution in [3.63, 3.8) is 0 Å². The smallest absolute Gasteiger partial charge is 0.282 e. The highest BCUT2D eigenvalue weighted by atomic mass is 79.9. The molecule has 0 spiro atoms. The zero-order valence-corrected chi connectivity index (χ0v) is 23.5. The number of nitrogens with zero attached hydrogens (tertiary/aromatic N) is 3. The predicted molar refractivity (Wildman–Crippen MR) is 161 cm³/mol. The SMILES string of the molecule is COc1cccc(C=Nn2c(-c3cc4cc(Br)ccc4o3)nc3ccccc3c2=O)c1OCc1ccccc1Cl. The Labute approximate surface area is 242 Å². The third-order valence-corrected chi connectivity index (χ3v) is 7.19. The third kappa shape index (κ3) is 4.99. The molecule has 40 heavy (non-hydrogen) atoms. The van der Waals surface area contributed by atoms with Gasteiger partial charge in [-0.1, -0.05) is 63.9 Å². The number of hydrogen-bond acceptors (Lipinski definition) is 6. The summed E-state index contributed by atoms with van der Waals surface area (Å²) in [5.41, 5.74) is 2.30. The van der Waals surface area contributed by atoms with Crippen LogP contribution in [0.2, 0.25) is 5.02 Å². The summed E-state index contributed by atoms with van der Waals surface area (Å²) in [7, 11) is 1.56. The number of halogens is 2. The molecule has 0 aliphatic carbocycles. The van der Waals surface area contributed by atoms with Gasteiger partial charge in [0.15, 0.2) is 17.3 Å². The van der Waals surface area contributed by atoms with Crippen LogP contribution in [0.25, 0.3) is 33.5 Å². The summed E-state index contributed by atoms with van der Waals surface area (Å²) in [6.45, 7) is 0.220. The van der Waals surface area contributed by atoms with E-state index in [0.29, 0.717) is 44.3 Å². The summed E-state index contributed by atoms with van der Waals surface area (Å²) in [6, 6.07) is 27.6. The fraction of sp³-hybridized carbons (Fsp3) is 0.0645. The molecule has 0 fully saturated rings. The zero-order valence-electron chi connectivity index (χ0n) is 21.2. The molecule has 0 N–H and O–H groups in total. The van der Waals surface area contributed by atoms with Crippen molar-refractivity contribution in [1.82, 2.24) is 9.66 Å². The summed E-state index contributed by atoms with van der Waals surface area (Å²) < 4.78 is 20.0. The van der Waals surface area contributed by atoms with E-state index in [2.05, 4.69) is 21.0 Å². The monoisotopic (exact) mass is 613 g/mol. The van der Waals surface area contributed by atoms with E-state index in [4.69, 9.17) is 30.5 Å². The minimum Gasteiger partial charge on any atom is -0.493 e. The Morgan fingerprint density at radius 3 is 2.70 bits per heavy atom. The van der Waals surface area contributed by atoms with Crippen LogP contribution in [0.3, 0.4) is 0 Å². The van der Waals surface area contributed by atoms with Gasteiger partial charge in [-0.25, -0.2) is 4.98 Å². The number of benzene rings is 4. The van der Waals surface area contributed by atoms with Crippen LogP contribution in [-0.4, -0.2) is 23.0 Å². The highest BCUT2D eigenvalue weighted by molar-refractivity contribution is 9.10. The van der Waals surface area contributed by atoms with E-state index in [1.165, 1.54) is 4.68 Å². The molecule has 0 amide bonds. The first-order valence-corrected chi connectivity index (χ1v) is 13.5. The van der Waals surface area contributed by atoms with Gasteiger partial charge in [0.05, 0.1) is 24.2 Å². The van der Waals surface area contributed by atoms with Crippen LogP contribution < -0.4 is 15.0 Å². The van der Waals surface area contributed by atoms with E-state index in [9.17, 15) is 4.79 Å². The molecule has 6 aromatic rings. The van der Waals surface area contributed by atoms with Gasteiger partial charge in [0.25, 0.3) is 5.56 Å². The van der Waals surface area contributed by atoms with E-state index in [1.807, 2.05) is 66.7 Å². The molecule has 0 aliphatic rings. The van der Waals surface area contributed by atoms with Gasteiger partial charge < -0.3 is 13.9 Å². The van der Waals surface area contributed by atoms with Crippen molar-refractivity contribution in [1.29, 1.82) is 0 Å². The Balaban J connectivity index is 1.46. The number of rotatable bonds is 7. The number of para-hydroxylation sites is 2. The number of furan rings is 1. The number of ether oxygens (including phenoxy) is 2. The molecule has 0 radical (unpaired) electrons. The molecule has 6 rings (SSSR count). The first kappa shape index (κ1) is 25.9. The fourth-order valence-corrected chi connectivity index (χ4v) is 4.92. The zero-order chi connectivity index (χ0) is 27.6. The van der Waals surface area contributed by atoms with Crippen molar-refractivity contribution in [3.05, 3.63) is 122 Å². The standard InChI is InChI=1S/C31H21BrClN3O4/c1-38-27-12-6-8-19(29(27)39-18-20-7-2-4-10-24(20)33)17-34-36-30(35-25-11-5-3-9-23(25)31(36)37)28-16-21-15-22(32)13-14-26(21)40-28/h2-17H,18H2,1H3. The first-order valence-electron chi connectivity index (χ1n) is 12.3. The van der Waals surface area contributed by atoms with Gasteiger partial charge in [0.2, 0.25) is 5.82 Å². The van der Waals surface area contributed by atoms with Gasteiger partial charge in [-0.2, -0.15) is 9.78 Å². The van der Waals surface area contributed by atoms with Crippen molar-refractivity contribution >= 4 is 55.6 Å². The summed E-state index contributed by atoms with van der Waals surface area (Å²) in [5.74, 6) is 1.66. The number of aromatic nitrogens is 2. The van der Waals surface area contributed by atoms with Crippen LogP contribution in [0.4, 0.5) is 0 Å². The molecule has 2 aromatic heterocycles. The van der Waals surface area contributed by atoms with Crippen LogP contribution in [0.5, 0.6) is 11.5 Å². The Morgan fingerprint density at radius 2 is 1.85 bits per heavy atom. The molecule has 0 saturated heterocycles. The average Bonchev–Trinajstić information content (AvgIpc) is 3.39. The second kappa shape index (κ2) is 11.0. The maximum absolute atomic E-state index is 13.7. The molecule has 198 valence electrons. The van der Waals surface area contributed by atoms with Gasteiger partial charge in [0.1, 0.15) is 12.2 Å². The van der Waals surface area contributed by atoms with Crippen LogP contribution in [0, 0.1) is 0 Å². The van der Waals surface area contributed by atoms with Crippen molar-refractivity contribution < 1.29 is 13.9 Å². The van der Waals surface area contributed by atoms with E-state index < -0.39 is 0 Å². The summed E-state index contributed by atoms with van der Waals surface area (Å²) in [6.07, 6.45) is 1.55. The minimum atomic E-state index is -0.333. The molecule has 9 heteroatoms. The molecule has 0 atom stereocenters. The maximum Gasteiger partial charge on any atom is 0.282 e. The number of hydrogen-bond donors (Lipinski definition) is 0. The fourth-order valence-electron chi connectivity index (χ4n) is 4.35. The Bertz CT molecular complexity index is 1960. The van der Waals surface area contributed by atoms with Gasteiger partial charge >= 0.3 is 0 Å². The molecule has 2 heterocycles. The molecular formula is C31H21BrClN3O4. The average molecular weight is 615 g/mol. The molecule has 4 aromatic carbocycles. The van der Waals surface area contributed by atoms with E-state index >= 15 is 0 Å². The molecule has 0 unspecified atom stereocenters. The summed E-state index contributed by atoms with van der Waals surface area (Å²) in [4.78, 5) is 18.4. The Hall–Kier alpha value is -4.40. The topological polar surface area (TPSA) is 78.9 Å². The van der Waals surface area contributed by atoms with Crippen LogP contribution in [0.15, 0.2) is 110 Å². The van der Waals surface area contributed by atoms with Gasteiger partial charge in [-0.15, -0.1) is 0 Å². The largest absolute Gasteiger partial charge is 0.493 e. The summed E-state index contributed by atoms with van der Waals surface area (Å²) in [5, 5.41) is 6.48. The van der Waals surface area contributed by atoms with Crippen molar-refractivity contribution in [2.24, 2.45) is 5.10 Å². The molecule has 0 saturated carbocycles. The third-order valence-electron chi connectivity index (χ3n) is 6.32. The van der Waals surface area contributed by atoms with Crippen molar-refractivity contribution in [2.75, 3.05) is 7.11 Å². The van der Waals surface area contributed by atoms with Gasteiger partial charge in [-0.3, -0.25) is 4.79 Å². The molecule has 0 aliphatic heterocycles. The lowest BCUT2D eigenvalue weighted by Gasteiger charge is -2.14. The van der Waals surface area contributed by atoms with Crippen molar-refractivity contribution in [2.45, 2.75) is 6.61 Å². The Kier molecular flexibility index (Phi) is 7.11. The lowest BCUT2D eigenvalue weighted by molar-refractivity contribution is 0.284. The van der Waals surface area contributed by atoms with E-state index in [-0.39, 0.29) is 18.0 Å². The lowest BCUT2D eigenvalue weighted by Crippen LogP contribution is -2.20. The quantitative estimate of drug-likeness (QED) is 0.172. The number of fused-ring (bicyclic) bond motifs is 2. The second-order valence-corrected chi connectivity index (χ2v) is 10.2. The van der Waals surface area contributed by atoms with Crippen LogP contribution in [-0.2, 0) is 6.61 Å². The van der Waals surface area contributed by atoms with Gasteiger partial charge in [-0.05, 0) is 54.6 Å². The molecular weight excluding hydrogens is 594 g/mol. The lowest BCUT2D eigenvalue weighted by atomic mass is 10.2. The minimum absolute atomic E-state index is 0.220. The summed E-state index contributed by atoms with van der Waals surface area (Å²) >= 11 is 9.82. The van der Waals surface area contributed by atoms with Gasteiger partial charge in [0, 0.05) is 26.0 Å². The van der Waals surface area contributed by atoms with Crippen LogP contribution in [0.1, 0.15) is 11.1 Å². The van der Waals surface area contributed by atoms with E-state index in [1.54, 1.807) is 37.6 Å². The predicted octanol–water partition coefficient (Wildman–Crippen LogP) is 7.70. The number of methoxy groups -OCH3 is 1. The Morgan fingerprint density at radius 1 is 1.02 bits per heavy atom. The molecule has 0 bridgehead atoms. The normalized spacial score (nSPS) is 11.5. The highest BCUT2D eigenvalue weighted by Crippen LogP contribution is 2.32. The second-order valence-electron chi connectivity index (χ2n) is 8.87. The van der Waals surface area contributed by atoms with E-state index in [0.717, 1.165) is 15.4 Å². The highest BCUT2D eigenvalue weighted by Gasteiger charge is 2.17. The first-order chi connectivity index (χ1) is 19.5.